The molecular formula is C12H10ClFN2O3S2. The van der Waals surface area contributed by atoms with Gasteiger partial charge in [0.2, 0.25) is 10.0 Å². The fourth-order valence-electron chi connectivity index (χ4n) is 1.61. The number of amides is 1. The summed E-state index contributed by atoms with van der Waals surface area (Å²) in [6, 6.07) is 2.81. The molecule has 1 aromatic heterocycles. The Kier molecular flexibility index (Phi) is 4.33. The normalized spacial score (nSPS) is 11.4. The van der Waals surface area contributed by atoms with Crippen molar-refractivity contribution in [3.05, 3.63) is 44.9 Å². The van der Waals surface area contributed by atoms with Crippen LogP contribution in [0.25, 0.3) is 0 Å². The molecule has 0 saturated carbocycles. The van der Waals surface area contributed by atoms with Crippen molar-refractivity contribution in [1.82, 2.24) is 0 Å². The first kappa shape index (κ1) is 15.9. The minimum Gasteiger partial charge on any atom is -0.320 e. The molecule has 0 atom stereocenters. The maximum atomic E-state index is 13.3. The predicted molar refractivity (Wildman–Crippen MR) is 79.8 cm³/mol. The number of nitrogens with two attached hydrogens (primary N) is 1. The van der Waals surface area contributed by atoms with Crippen molar-refractivity contribution in [3.8, 4) is 0 Å². The standard InChI is InChI=1S/C12H10ClFN2O3S2/c1-6-5-20-11(10(6)13)12(17)16-8-4-7(14)2-3-9(8)21(15,18)19/h2-5H,1H3,(H,16,17)(H2,15,18,19). The Hall–Kier alpha value is -1.48. The van der Waals surface area contributed by atoms with E-state index in [1.54, 1.807) is 12.3 Å². The molecule has 3 N–H and O–H groups in total. The number of rotatable bonds is 3. The van der Waals surface area contributed by atoms with Crippen LogP contribution < -0.4 is 10.5 Å². The van der Waals surface area contributed by atoms with E-state index >= 15 is 0 Å². The zero-order valence-corrected chi connectivity index (χ0v) is 13.1. The Morgan fingerprint density at radius 3 is 2.62 bits per heavy atom. The molecule has 1 amide bonds. The number of benzene rings is 1. The number of carbonyl (C=O) groups is 1. The van der Waals surface area contributed by atoms with E-state index in [-0.39, 0.29) is 20.5 Å². The van der Waals surface area contributed by atoms with Crippen molar-refractivity contribution in [2.24, 2.45) is 5.14 Å². The lowest BCUT2D eigenvalue weighted by Gasteiger charge is -2.09. The molecule has 2 rings (SSSR count). The van der Waals surface area contributed by atoms with Gasteiger partial charge in [0.15, 0.2) is 0 Å². The number of sulfonamides is 1. The van der Waals surface area contributed by atoms with Crippen molar-refractivity contribution < 1.29 is 17.6 Å². The monoisotopic (exact) mass is 348 g/mol. The second-order valence-electron chi connectivity index (χ2n) is 4.20. The summed E-state index contributed by atoms with van der Waals surface area (Å²) in [5, 5.41) is 9.30. The molecule has 0 unspecified atom stereocenters. The first-order chi connectivity index (χ1) is 9.70. The molecule has 0 spiro atoms. The smallest absolute Gasteiger partial charge is 0.267 e. The number of thiophene rings is 1. The lowest BCUT2D eigenvalue weighted by Crippen LogP contribution is -2.18. The molecule has 21 heavy (non-hydrogen) atoms. The Bertz CT molecular complexity index is 818. The van der Waals surface area contributed by atoms with E-state index in [1.165, 1.54) is 0 Å². The third-order valence-electron chi connectivity index (χ3n) is 2.60. The van der Waals surface area contributed by atoms with E-state index in [2.05, 4.69) is 5.32 Å². The summed E-state index contributed by atoms with van der Waals surface area (Å²) < 4.78 is 36.1. The molecule has 0 fully saturated rings. The maximum absolute atomic E-state index is 13.3. The molecule has 9 heteroatoms. The van der Waals surface area contributed by atoms with Crippen molar-refractivity contribution in [1.29, 1.82) is 0 Å². The minimum absolute atomic E-state index is 0.207. The molecule has 1 heterocycles. The average molecular weight is 349 g/mol. The van der Waals surface area contributed by atoms with Crippen molar-refractivity contribution in [2.75, 3.05) is 5.32 Å². The van der Waals surface area contributed by atoms with Gasteiger partial charge in [0.05, 0.1) is 10.7 Å². The molecule has 0 radical (unpaired) electrons. The second-order valence-corrected chi connectivity index (χ2v) is 6.99. The molecule has 0 aliphatic rings. The number of hydrogen-bond acceptors (Lipinski definition) is 4. The van der Waals surface area contributed by atoms with E-state index in [0.29, 0.717) is 0 Å². The molecule has 2 aromatic rings. The predicted octanol–water partition coefficient (Wildman–Crippen LogP) is 2.75. The van der Waals surface area contributed by atoms with Gasteiger partial charge in [0.25, 0.3) is 5.91 Å². The molecule has 0 saturated heterocycles. The van der Waals surface area contributed by atoms with Crippen molar-refractivity contribution in [2.45, 2.75) is 11.8 Å². The zero-order valence-electron chi connectivity index (χ0n) is 10.7. The topological polar surface area (TPSA) is 89.3 Å². The van der Waals surface area contributed by atoms with Gasteiger partial charge in [-0.3, -0.25) is 4.79 Å². The SMILES string of the molecule is Cc1csc(C(=O)Nc2cc(F)ccc2S(N)(=O)=O)c1Cl. The van der Waals surface area contributed by atoms with E-state index in [4.69, 9.17) is 16.7 Å². The van der Waals surface area contributed by atoms with Gasteiger partial charge in [-0.2, -0.15) is 0 Å². The first-order valence-corrected chi connectivity index (χ1v) is 8.38. The van der Waals surface area contributed by atoms with Gasteiger partial charge in [-0.25, -0.2) is 17.9 Å². The van der Waals surface area contributed by atoms with Gasteiger partial charge >= 0.3 is 0 Å². The molecule has 112 valence electrons. The third kappa shape index (κ3) is 3.41. The highest BCUT2D eigenvalue weighted by Gasteiger charge is 2.20. The van der Waals surface area contributed by atoms with Crippen LogP contribution in [0.3, 0.4) is 0 Å². The maximum Gasteiger partial charge on any atom is 0.267 e. The number of halogens is 2. The summed E-state index contributed by atoms with van der Waals surface area (Å²) in [4.78, 5) is 11.9. The van der Waals surface area contributed by atoms with Gasteiger partial charge < -0.3 is 5.32 Å². The number of hydrogen-bond donors (Lipinski definition) is 2. The van der Waals surface area contributed by atoms with Crippen LogP contribution in [0, 0.1) is 12.7 Å². The quantitative estimate of drug-likeness (QED) is 0.893. The largest absolute Gasteiger partial charge is 0.320 e. The minimum atomic E-state index is -4.09. The van der Waals surface area contributed by atoms with E-state index in [0.717, 1.165) is 35.1 Å². The van der Waals surface area contributed by atoms with Gasteiger partial charge in [-0.1, -0.05) is 11.6 Å². The molecule has 1 aromatic carbocycles. The number of aryl methyl sites for hydroxylation is 1. The number of carbonyl (C=O) groups excluding carboxylic acids is 1. The Balaban J connectivity index is 2.42. The Labute approximate surface area is 129 Å². The van der Waals surface area contributed by atoms with Crippen LogP contribution in [0.4, 0.5) is 10.1 Å². The second kappa shape index (κ2) is 5.72. The number of nitrogens with one attached hydrogen (secondary N) is 1. The molecule has 0 bridgehead atoms. The summed E-state index contributed by atoms with van der Waals surface area (Å²) in [6.07, 6.45) is 0. The first-order valence-electron chi connectivity index (χ1n) is 5.57. The van der Waals surface area contributed by atoms with Crippen LogP contribution in [-0.4, -0.2) is 14.3 Å². The van der Waals surface area contributed by atoms with E-state index < -0.39 is 21.7 Å². The third-order valence-corrected chi connectivity index (χ3v) is 5.27. The number of anilines is 1. The summed E-state index contributed by atoms with van der Waals surface area (Å²) in [7, 11) is -4.09. The van der Waals surface area contributed by atoms with Crippen LogP contribution in [0.1, 0.15) is 15.2 Å². The van der Waals surface area contributed by atoms with Crippen molar-refractivity contribution in [3.63, 3.8) is 0 Å². The van der Waals surface area contributed by atoms with Gasteiger partial charge in [-0.15, -0.1) is 11.3 Å². The highest BCUT2D eigenvalue weighted by Crippen LogP contribution is 2.29. The lowest BCUT2D eigenvalue weighted by molar-refractivity contribution is 0.103. The average Bonchev–Trinajstić information content (AvgIpc) is 2.68. The molecule has 0 aliphatic heterocycles. The van der Waals surface area contributed by atoms with Crippen molar-refractivity contribution >= 4 is 44.6 Å². The summed E-state index contributed by atoms with van der Waals surface area (Å²) in [5.74, 6) is -1.33. The molecular weight excluding hydrogens is 339 g/mol. The lowest BCUT2D eigenvalue weighted by atomic mass is 10.3. The Morgan fingerprint density at radius 1 is 1.43 bits per heavy atom. The van der Waals surface area contributed by atoms with Gasteiger partial charge in [0, 0.05) is 0 Å². The van der Waals surface area contributed by atoms with Crippen LogP contribution in [-0.2, 0) is 10.0 Å². The summed E-state index contributed by atoms with van der Waals surface area (Å²) in [6.45, 7) is 1.73. The van der Waals surface area contributed by atoms with Crippen LogP contribution in [0.5, 0.6) is 0 Å². The Morgan fingerprint density at radius 2 is 2.10 bits per heavy atom. The van der Waals surface area contributed by atoms with Crippen LogP contribution in [0.15, 0.2) is 28.5 Å². The highest BCUT2D eigenvalue weighted by molar-refractivity contribution is 7.89. The summed E-state index contributed by atoms with van der Waals surface area (Å²) in [5.41, 5.74) is 0.488. The van der Waals surface area contributed by atoms with E-state index in [9.17, 15) is 17.6 Å². The van der Waals surface area contributed by atoms with Crippen LogP contribution >= 0.6 is 22.9 Å². The van der Waals surface area contributed by atoms with Gasteiger partial charge in [-0.05, 0) is 36.1 Å². The summed E-state index contributed by atoms with van der Waals surface area (Å²) >= 11 is 7.07. The zero-order chi connectivity index (χ0) is 15.8. The van der Waals surface area contributed by atoms with Gasteiger partial charge in [0.1, 0.15) is 15.6 Å². The highest BCUT2D eigenvalue weighted by atomic mass is 35.5. The van der Waals surface area contributed by atoms with E-state index in [1.807, 2.05) is 0 Å². The fraction of sp³-hybridized carbons (Fsp3) is 0.0833. The fourth-order valence-corrected chi connectivity index (χ4v) is 3.46. The molecule has 5 nitrogen and oxygen atoms in total. The molecule has 0 aliphatic carbocycles. The van der Waals surface area contributed by atoms with Crippen LogP contribution in [0.2, 0.25) is 5.02 Å². The number of primary sulfonamides is 1.